The molecule has 2 aromatic carbocycles. The number of rotatable bonds is 7. The number of hydrogen-bond acceptors (Lipinski definition) is 5. The monoisotopic (exact) mass is 514 g/mol. The molecular formula is C20H27IN4O4. The van der Waals surface area contributed by atoms with E-state index < -0.39 is 6.09 Å². The molecule has 158 valence electrons. The minimum atomic E-state index is -0.501. The minimum Gasteiger partial charge on any atom is -0.493 e. The number of guanidine groups is 1. The summed E-state index contributed by atoms with van der Waals surface area (Å²) < 4.78 is 15.2. The number of amides is 1. The molecule has 0 fully saturated rings. The highest BCUT2D eigenvalue weighted by molar-refractivity contribution is 14.0. The zero-order chi connectivity index (χ0) is 20.4. The molecule has 0 unspecified atom stereocenters. The highest BCUT2D eigenvalue weighted by Gasteiger charge is 2.06. The first-order valence-corrected chi connectivity index (χ1v) is 8.80. The fourth-order valence-electron chi connectivity index (χ4n) is 2.39. The van der Waals surface area contributed by atoms with E-state index in [9.17, 15) is 4.79 Å². The lowest BCUT2D eigenvalue weighted by atomic mass is 10.2. The van der Waals surface area contributed by atoms with Crippen LogP contribution in [0.4, 0.5) is 16.2 Å². The van der Waals surface area contributed by atoms with E-state index in [1.807, 2.05) is 37.3 Å². The van der Waals surface area contributed by atoms with Crippen molar-refractivity contribution in [1.29, 1.82) is 0 Å². The highest BCUT2D eigenvalue weighted by Crippen LogP contribution is 2.29. The fraction of sp³-hybridized carbons (Fsp3) is 0.300. The molecule has 8 nitrogen and oxygen atoms in total. The topological polar surface area (TPSA) is 93.2 Å². The van der Waals surface area contributed by atoms with E-state index in [0.717, 1.165) is 17.8 Å². The fourth-order valence-corrected chi connectivity index (χ4v) is 2.39. The van der Waals surface area contributed by atoms with Crippen molar-refractivity contribution in [3.8, 4) is 11.5 Å². The van der Waals surface area contributed by atoms with Gasteiger partial charge in [-0.05, 0) is 36.8 Å². The zero-order valence-electron chi connectivity index (χ0n) is 16.9. The number of methoxy groups -OCH3 is 3. The summed E-state index contributed by atoms with van der Waals surface area (Å²) in [6.07, 6.45) is -0.501. The molecule has 0 aliphatic rings. The third-order valence-corrected chi connectivity index (χ3v) is 3.80. The van der Waals surface area contributed by atoms with Crippen LogP contribution in [0.1, 0.15) is 12.5 Å². The van der Waals surface area contributed by atoms with Gasteiger partial charge >= 0.3 is 6.09 Å². The molecule has 1 amide bonds. The summed E-state index contributed by atoms with van der Waals surface area (Å²) in [7, 11) is 4.52. The quantitative estimate of drug-likeness (QED) is 0.293. The Morgan fingerprint density at radius 1 is 0.931 bits per heavy atom. The van der Waals surface area contributed by atoms with Crippen LogP contribution in [-0.2, 0) is 11.3 Å². The molecule has 0 bridgehead atoms. The second-order valence-electron chi connectivity index (χ2n) is 5.70. The van der Waals surface area contributed by atoms with E-state index in [1.54, 1.807) is 26.4 Å². The molecule has 0 spiro atoms. The van der Waals surface area contributed by atoms with Crippen LogP contribution in [0.15, 0.2) is 47.5 Å². The molecule has 0 atom stereocenters. The molecule has 3 N–H and O–H groups in total. The van der Waals surface area contributed by atoms with E-state index >= 15 is 0 Å². The van der Waals surface area contributed by atoms with Crippen LogP contribution in [0.2, 0.25) is 0 Å². The predicted molar refractivity (Wildman–Crippen MR) is 126 cm³/mol. The highest BCUT2D eigenvalue weighted by atomic mass is 127. The van der Waals surface area contributed by atoms with Crippen molar-refractivity contribution >= 4 is 47.4 Å². The Balaban J connectivity index is 0.00000420. The number of carbonyl (C=O) groups excluding carboxylic acids is 1. The van der Waals surface area contributed by atoms with Crippen LogP contribution in [0, 0.1) is 0 Å². The van der Waals surface area contributed by atoms with Gasteiger partial charge in [-0.15, -0.1) is 24.0 Å². The van der Waals surface area contributed by atoms with Crippen molar-refractivity contribution in [2.24, 2.45) is 4.99 Å². The molecule has 2 aromatic rings. The predicted octanol–water partition coefficient (Wildman–Crippen LogP) is 4.08. The second kappa shape index (κ2) is 12.7. The molecule has 2 rings (SSSR count). The van der Waals surface area contributed by atoms with Gasteiger partial charge in [-0.1, -0.05) is 12.1 Å². The number of nitrogens with zero attached hydrogens (tertiary/aromatic N) is 1. The summed E-state index contributed by atoms with van der Waals surface area (Å²) in [5, 5.41) is 9.07. The Labute approximate surface area is 188 Å². The Morgan fingerprint density at radius 2 is 1.59 bits per heavy atom. The van der Waals surface area contributed by atoms with Crippen LogP contribution in [0.25, 0.3) is 0 Å². The third-order valence-electron chi connectivity index (χ3n) is 3.80. The number of ether oxygens (including phenoxy) is 3. The average Bonchev–Trinajstić information content (AvgIpc) is 2.73. The largest absolute Gasteiger partial charge is 0.493 e. The van der Waals surface area contributed by atoms with E-state index in [4.69, 9.17) is 9.47 Å². The van der Waals surface area contributed by atoms with Crippen LogP contribution in [0.5, 0.6) is 11.5 Å². The first-order valence-electron chi connectivity index (χ1n) is 8.80. The van der Waals surface area contributed by atoms with E-state index in [-0.39, 0.29) is 24.0 Å². The first kappa shape index (κ1) is 24.3. The maximum Gasteiger partial charge on any atom is 0.411 e. The van der Waals surface area contributed by atoms with Gasteiger partial charge in [-0.25, -0.2) is 9.79 Å². The van der Waals surface area contributed by atoms with Crippen molar-refractivity contribution in [3.05, 3.63) is 48.0 Å². The molecule has 0 radical (unpaired) electrons. The summed E-state index contributed by atoms with van der Waals surface area (Å²) in [6.45, 7) is 3.20. The Hall–Kier alpha value is -2.69. The molecule has 0 saturated heterocycles. The molecule has 0 aliphatic heterocycles. The minimum absolute atomic E-state index is 0. The summed E-state index contributed by atoms with van der Waals surface area (Å²) in [5.74, 6) is 1.94. The van der Waals surface area contributed by atoms with Gasteiger partial charge in [0.25, 0.3) is 0 Å². The van der Waals surface area contributed by atoms with E-state index in [0.29, 0.717) is 29.7 Å². The number of carbonyl (C=O) groups is 1. The zero-order valence-corrected chi connectivity index (χ0v) is 19.3. The van der Waals surface area contributed by atoms with Crippen molar-refractivity contribution < 1.29 is 19.0 Å². The summed E-state index contributed by atoms with van der Waals surface area (Å²) in [4.78, 5) is 15.8. The second-order valence-corrected chi connectivity index (χ2v) is 5.70. The number of halogens is 1. The van der Waals surface area contributed by atoms with Gasteiger partial charge in [0.2, 0.25) is 0 Å². The molecule has 0 saturated carbocycles. The third kappa shape index (κ3) is 7.68. The molecule has 0 heterocycles. The molecule has 0 aromatic heterocycles. The van der Waals surface area contributed by atoms with Gasteiger partial charge in [0.1, 0.15) is 0 Å². The van der Waals surface area contributed by atoms with Crippen molar-refractivity contribution in [2.75, 3.05) is 38.5 Å². The first-order chi connectivity index (χ1) is 13.6. The Morgan fingerprint density at radius 3 is 2.17 bits per heavy atom. The van der Waals surface area contributed by atoms with E-state index in [2.05, 4.69) is 25.7 Å². The summed E-state index contributed by atoms with van der Waals surface area (Å²) in [5.41, 5.74) is 2.49. The number of hydrogen-bond donors (Lipinski definition) is 3. The Kier molecular flexibility index (Phi) is 10.7. The van der Waals surface area contributed by atoms with E-state index in [1.165, 1.54) is 7.11 Å². The van der Waals surface area contributed by atoms with Gasteiger partial charge in [0.15, 0.2) is 17.5 Å². The lowest BCUT2D eigenvalue weighted by Gasteiger charge is -2.14. The lowest BCUT2D eigenvalue weighted by Crippen LogP contribution is -2.30. The standard InChI is InChI=1S/C20H26N4O4.HI/c1-5-21-19(23-16-10-11-17(26-2)18(12-16)27-3)22-13-14-6-8-15(9-7-14)24-20(25)28-4;/h6-12H,5,13H2,1-4H3,(H,24,25)(H2,21,22,23);1H. The smallest absolute Gasteiger partial charge is 0.411 e. The van der Waals surface area contributed by atoms with Gasteiger partial charge in [-0.2, -0.15) is 0 Å². The molecule has 29 heavy (non-hydrogen) atoms. The number of nitrogens with one attached hydrogen (secondary N) is 3. The lowest BCUT2D eigenvalue weighted by molar-refractivity contribution is 0.187. The normalized spacial score (nSPS) is 10.4. The van der Waals surface area contributed by atoms with Gasteiger partial charge in [-0.3, -0.25) is 5.32 Å². The van der Waals surface area contributed by atoms with Gasteiger partial charge < -0.3 is 24.8 Å². The SMILES string of the molecule is CCNC(=NCc1ccc(NC(=O)OC)cc1)Nc1ccc(OC)c(OC)c1.I. The van der Waals surface area contributed by atoms with Crippen LogP contribution in [0.3, 0.4) is 0 Å². The molecular weight excluding hydrogens is 487 g/mol. The van der Waals surface area contributed by atoms with Crippen molar-refractivity contribution in [3.63, 3.8) is 0 Å². The summed E-state index contributed by atoms with van der Waals surface area (Å²) in [6, 6.07) is 13.0. The Bertz CT molecular complexity index is 813. The number of benzene rings is 2. The van der Waals surface area contributed by atoms with Crippen LogP contribution >= 0.6 is 24.0 Å². The summed E-state index contributed by atoms with van der Waals surface area (Å²) >= 11 is 0. The number of anilines is 2. The van der Waals surface area contributed by atoms with Crippen molar-refractivity contribution in [2.45, 2.75) is 13.5 Å². The van der Waals surface area contributed by atoms with Gasteiger partial charge in [0, 0.05) is 24.0 Å². The van der Waals surface area contributed by atoms with Gasteiger partial charge in [0.05, 0.1) is 27.9 Å². The maximum atomic E-state index is 11.2. The van der Waals surface area contributed by atoms with Crippen molar-refractivity contribution in [1.82, 2.24) is 5.32 Å². The molecule has 0 aliphatic carbocycles. The number of aliphatic imine (C=N–C) groups is 1. The van der Waals surface area contributed by atoms with Crippen LogP contribution in [-0.4, -0.2) is 39.9 Å². The van der Waals surface area contributed by atoms with Crippen LogP contribution < -0.4 is 25.4 Å². The average molecular weight is 514 g/mol. The maximum absolute atomic E-state index is 11.2. The molecule has 9 heteroatoms.